The molecule has 0 radical (unpaired) electrons. The van der Waals surface area contributed by atoms with Crippen LogP contribution in [0.15, 0.2) is 0 Å². The SMILES string of the molecule is OC1(CNCC2CCC3(CCCC3)O2)CCOC1. The Hall–Kier alpha value is -0.160. The number of ether oxygens (including phenoxy) is 2. The van der Waals surface area contributed by atoms with Gasteiger partial charge in [0.1, 0.15) is 5.60 Å². The molecule has 2 unspecified atom stereocenters. The molecule has 2 aliphatic heterocycles. The van der Waals surface area contributed by atoms with Gasteiger partial charge in [0.05, 0.1) is 18.3 Å². The van der Waals surface area contributed by atoms with Crippen molar-refractivity contribution in [1.82, 2.24) is 5.32 Å². The van der Waals surface area contributed by atoms with Crippen LogP contribution in [0.5, 0.6) is 0 Å². The van der Waals surface area contributed by atoms with Gasteiger partial charge in [-0.2, -0.15) is 0 Å². The van der Waals surface area contributed by atoms with Gasteiger partial charge in [0.25, 0.3) is 0 Å². The third kappa shape index (κ3) is 2.72. The van der Waals surface area contributed by atoms with Gasteiger partial charge < -0.3 is 19.9 Å². The van der Waals surface area contributed by atoms with Crippen LogP contribution in [0.3, 0.4) is 0 Å². The summed E-state index contributed by atoms with van der Waals surface area (Å²) in [5, 5.41) is 13.5. The average molecular weight is 255 g/mol. The van der Waals surface area contributed by atoms with Crippen molar-refractivity contribution >= 4 is 0 Å². The van der Waals surface area contributed by atoms with E-state index in [1.54, 1.807) is 0 Å². The van der Waals surface area contributed by atoms with Crippen LogP contribution in [0, 0.1) is 0 Å². The van der Waals surface area contributed by atoms with Gasteiger partial charge in [0, 0.05) is 26.1 Å². The Morgan fingerprint density at radius 1 is 1.17 bits per heavy atom. The van der Waals surface area contributed by atoms with E-state index in [0.29, 0.717) is 25.9 Å². The van der Waals surface area contributed by atoms with Gasteiger partial charge in [-0.05, 0) is 25.7 Å². The molecule has 104 valence electrons. The molecule has 1 aliphatic carbocycles. The van der Waals surface area contributed by atoms with E-state index in [9.17, 15) is 5.11 Å². The highest BCUT2D eigenvalue weighted by Gasteiger charge is 2.42. The summed E-state index contributed by atoms with van der Waals surface area (Å²) in [7, 11) is 0. The van der Waals surface area contributed by atoms with Crippen molar-refractivity contribution in [3.8, 4) is 0 Å². The Morgan fingerprint density at radius 3 is 2.72 bits per heavy atom. The number of hydrogen-bond acceptors (Lipinski definition) is 4. The lowest BCUT2D eigenvalue weighted by atomic mass is 9.98. The number of aliphatic hydroxyl groups is 1. The Bertz CT molecular complexity index is 283. The molecule has 2 saturated heterocycles. The summed E-state index contributed by atoms with van der Waals surface area (Å²) in [5.41, 5.74) is -0.427. The molecule has 1 saturated carbocycles. The van der Waals surface area contributed by atoms with Crippen molar-refractivity contribution < 1.29 is 14.6 Å². The van der Waals surface area contributed by atoms with Crippen LogP contribution < -0.4 is 5.32 Å². The van der Waals surface area contributed by atoms with Crippen molar-refractivity contribution in [2.24, 2.45) is 0 Å². The third-order valence-corrected chi connectivity index (χ3v) is 4.76. The Balaban J connectivity index is 1.39. The fourth-order valence-corrected chi connectivity index (χ4v) is 3.63. The van der Waals surface area contributed by atoms with Gasteiger partial charge in [-0.15, -0.1) is 0 Å². The van der Waals surface area contributed by atoms with Crippen LogP contribution in [0.4, 0.5) is 0 Å². The monoisotopic (exact) mass is 255 g/mol. The van der Waals surface area contributed by atoms with Crippen molar-refractivity contribution in [3.63, 3.8) is 0 Å². The maximum absolute atomic E-state index is 10.1. The van der Waals surface area contributed by atoms with E-state index in [1.165, 1.54) is 38.5 Å². The first kappa shape index (κ1) is 12.9. The standard InChI is InChI=1S/C14H25NO3/c16-13(7-8-17-11-13)10-15-9-12-3-6-14(18-12)4-1-2-5-14/h12,15-16H,1-11H2. The molecule has 0 aromatic carbocycles. The lowest BCUT2D eigenvalue weighted by Gasteiger charge is -2.25. The second-order valence-corrected chi connectivity index (χ2v) is 6.33. The lowest BCUT2D eigenvalue weighted by molar-refractivity contribution is -0.0379. The maximum Gasteiger partial charge on any atom is 0.102 e. The van der Waals surface area contributed by atoms with E-state index in [2.05, 4.69) is 5.32 Å². The van der Waals surface area contributed by atoms with Crippen LogP contribution in [0.1, 0.15) is 44.9 Å². The van der Waals surface area contributed by atoms with E-state index in [4.69, 9.17) is 9.47 Å². The molecular weight excluding hydrogens is 230 g/mol. The molecule has 0 amide bonds. The van der Waals surface area contributed by atoms with Crippen LogP contribution in [0.2, 0.25) is 0 Å². The fourth-order valence-electron chi connectivity index (χ4n) is 3.63. The summed E-state index contributed by atoms with van der Waals surface area (Å²) in [4.78, 5) is 0. The second-order valence-electron chi connectivity index (χ2n) is 6.33. The van der Waals surface area contributed by atoms with Gasteiger partial charge in [0.2, 0.25) is 0 Å². The number of nitrogens with one attached hydrogen (secondary N) is 1. The number of rotatable bonds is 4. The molecule has 3 rings (SSSR count). The summed E-state index contributed by atoms with van der Waals surface area (Å²) in [5.74, 6) is 0. The zero-order valence-electron chi connectivity index (χ0n) is 11.1. The Morgan fingerprint density at radius 2 is 2.00 bits per heavy atom. The summed E-state index contributed by atoms with van der Waals surface area (Å²) in [6, 6.07) is 0. The quantitative estimate of drug-likeness (QED) is 0.793. The van der Waals surface area contributed by atoms with E-state index < -0.39 is 5.60 Å². The first-order valence-electron chi connectivity index (χ1n) is 7.39. The van der Waals surface area contributed by atoms with Crippen LogP contribution in [-0.2, 0) is 9.47 Å². The van der Waals surface area contributed by atoms with Crippen LogP contribution >= 0.6 is 0 Å². The molecule has 4 nitrogen and oxygen atoms in total. The third-order valence-electron chi connectivity index (χ3n) is 4.76. The van der Waals surface area contributed by atoms with Gasteiger partial charge in [0.15, 0.2) is 0 Å². The fraction of sp³-hybridized carbons (Fsp3) is 1.00. The summed E-state index contributed by atoms with van der Waals surface area (Å²) in [6.45, 7) is 2.64. The first-order chi connectivity index (χ1) is 8.70. The maximum atomic E-state index is 10.1. The van der Waals surface area contributed by atoms with Gasteiger partial charge in [-0.1, -0.05) is 12.8 Å². The predicted molar refractivity (Wildman–Crippen MR) is 68.6 cm³/mol. The van der Waals surface area contributed by atoms with E-state index in [-0.39, 0.29) is 5.60 Å². The lowest BCUT2D eigenvalue weighted by Crippen LogP contribution is -2.43. The van der Waals surface area contributed by atoms with Gasteiger partial charge >= 0.3 is 0 Å². The zero-order valence-corrected chi connectivity index (χ0v) is 11.1. The molecule has 2 heterocycles. The first-order valence-corrected chi connectivity index (χ1v) is 7.39. The molecule has 3 aliphatic rings. The van der Waals surface area contributed by atoms with E-state index >= 15 is 0 Å². The van der Waals surface area contributed by atoms with Gasteiger partial charge in [-0.3, -0.25) is 0 Å². The largest absolute Gasteiger partial charge is 0.386 e. The molecule has 2 atom stereocenters. The summed E-state index contributed by atoms with van der Waals surface area (Å²) in [6.07, 6.45) is 8.65. The highest BCUT2D eigenvalue weighted by molar-refractivity contribution is 4.93. The molecule has 0 aromatic rings. The minimum atomic E-state index is -0.649. The van der Waals surface area contributed by atoms with E-state index in [1.807, 2.05) is 0 Å². The average Bonchev–Trinajstić information content (AvgIpc) is 3.05. The van der Waals surface area contributed by atoms with Gasteiger partial charge in [-0.25, -0.2) is 0 Å². The van der Waals surface area contributed by atoms with Crippen molar-refractivity contribution in [2.45, 2.75) is 62.3 Å². The molecule has 3 fully saturated rings. The molecule has 1 spiro atoms. The predicted octanol–water partition coefficient (Wildman–Crippen LogP) is 1.22. The zero-order chi connectivity index (χ0) is 12.5. The molecule has 0 aromatic heterocycles. The van der Waals surface area contributed by atoms with Crippen LogP contribution in [0.25, 0.3) is 0 Å². The molecule has 2 N–H and O–H groups in total. The van der Waals surface area contributed by atoms with Crippen molar-refractivity contribution in [2.75, 3.05) is 26.3 Å². The Kier molecular flexibility index (Phi) is 3.63. The molecule has 18 heavy (non-hydrogen) atoms. The molecule has 4 heteroatoms. The normalized spacial score (nSPS) is 38.8. The minimum absolute atomic E-state index is 0.222. The van der Waals surface area contributed by atoms with Crippen molar-refractivity contribution in [3.05, 3.63) is 0 Å². The highest BCUT2D eigenvalue weighted by atomic mass is 16.5. The van der Waals surface area contributed by atoms with Crippen molar-refractivity contribution in [1.29, 1.82) is 0 Å². The topological polar surface area (TPSA) is 50.7 Å². The smallest absolute Gasteiger partial charge is 0.102 e. The summed E-state index contributed by atoms with van der Waals surface area (Å²) >= 11 is 0. The minimum Gasteiger partial charge on any atom is -0.386 e. The highest BCUT2D eigenvalue weighted by Crippen LogP contribution is 2.43. The second kappa shape index (κ2) is 5.08. The molecular formula is C14H25NO3. The Labute approximate surface area is 109 Å². The number of hydrogen-bond donors (Lipinski definition) is 2. The molecule has 0 bridgehead atoms. The van der Waals surface area contributed by atoms with Crippen LogP contribution in [-0.4, -0.2) is 48.7 Å². The van der Waals surface area contributed by atoms with E-state index in [0.717, 1.165) is 13.0 Å². The summed E-state index contributed by atoms with van der Waals surface area (Å²) < 4.78 is 11.5.